The summed E-state index contributed by atoms with van der Waals surface area (Å²) < 4.78 is 5.17. The fraction of sp³-hybridized carbons (Fsp3) is 0.350. The summed E-state index contributed by atoms with van der Waals surface area (Å²) in [6.07, 6.45) is 3.30. The maximum Gasteiger partial charge on any atom is 0.341 e. The first-order valence-electron chi connectivity index (χ1n) is 8.94. The minimum atomic E-state index is -0.599. The molecule has 3 heterocycles. The van der Waals surface area contributed by atoms with E-state index in [1.165, 1.54) is 0 Å². The lowest BCUT2D eigenvalue weighted by molar-refractivity contribution is -0.121. The van der Waals surface area contributed by atoms with Crippen LogP contribution in [0, 0.1) is 0 Å². The Labute approximate surface area is 152 Å². The second-order valence-corrected chi connectivity index (χ2v) is 6.70. The first-order valence-corrected chi connectivity index (χ1v) is 8.94. The number of nitrogens with one attached hydrogen (secondary N) is 1. The van der Waals surface area contributed by atoms with E-state index in [4.69, 9.17) is 4.74 Å². The third-order valence-corrected chi connectivity index (χ3v) is 5.20. The molecule has 0 unspecified atom stereocenters. The molecule has 1 atom stereocenters. The van der Waals surface area contributed by atoms with Crippen molar-refractivity contribution in [1.29, 1.82) is 0 Å². The predicted molar refractivity (Wildman–Crippen MR) is 98.4 cm³/mol. The summed E-state index contributed by atoms with van der Waals surface area (Å²) in [4.78, 5) is 31.6. The lowest BCUT2D eigenvalue weighted by Crippen LogP contribution is -2.50. The van der Waals surface area contributed by atoms with E-state index in [0.717, 1.165) is 30.6 Å². The van der Waals surface area contributed by atoms with Crippen LogP contribution in [0.25, 0.3) is 0 Å². The van der Waals surface area contributed by atoms with Gasteiger partial charge >= 0.3 is 5.97 Å². The highest BCUT2D eigenvalue weighted by atomic mass is 16.5. The van der Waals surface area contributed by atoms with E-state index in [0.29, 0.717) is 24.5 Å². The molecule has 6 heteroatoms. The van der Waals surface area contributed by atoms with Crippen LogP contribution in [0.3, 0.4) is 0 Å². The summed E-state index contributed by atoms with van der Waals surface area (Å²) in [5, 5.41) is 3.01. The molecule has 0 aliphatic carbocycles. The van der Waals surface area contributed by atoms with E-state index in [1.807, 2.05) is 29.2 Å². The van der Waals surface area contributed by atoms with Crippen molar-refractivity contribution in [2.45, 2.75) is 25.2 Å². The fourth-order valence-corrected chi connectivity index (χ4v) is 4.03. The van der Waals surface area contributed by atoms with Crippen molar-refractivity contribution < 1.29 is 14.3 Å². The Hall–Kier alpha value is -2.89. The van der Waals surface area contributed by atoms with Crippen LogP contribution in [-0.4, -0.2) is 36.6 Å². The molecule has 4 rings (SSSR count). The number of rotatable bonds is 3. The molecular weight excluding hydrogens is 330 g/mol. The molecule has 0 radical (unpaired) electrons. The van der Waals surface area contributed by atoms with Gasteiger partial charge in [0.15, 0.2) is 0 Å². The normalized spacial score (nSPS) is 21.4. The molecule has 1 N–H and O–H groups in total. The van der Waals surface area contributed by atoms with Gasteiger partial charge in [0.05, 0.1) is 12.0 Å². The quantitative estimate of drug-likeness (QED) is 0.861. The average molecular weight is 351 g/mol. The highest BCUT2D eigenvalue weighted by Gasteiger charge is 2.49. The van der Waals surface area contributed by atoms with E-state index in [2.05, 4.69) is 10.3 Å². The number of piperidine rings is 1. The van der Waals surface area contributed by atoms with Crippen LogP contribution in [0.5, 0.6) is 0 Å². The molecule has 0 saturated carbocycles. The Morgan fingerprint density at radius 1 is 1.31 bits per heavy atom. The average Bonchev–Trinajstić information content (AvgIpc) is 2.93. The van der Waals surface area contributed by atoms with Crippen LogP contribution >= 0.6 is 0 Å². The van der Waals surface area contributed by atoms with Gasteiger partial charge in [0.1, 0.15) is 11.4 Å². The van der Waals surface area contributed by atoms with Crippen molar-refractivity contribution in [3.8, 4) is 0 Å². The molecule has 2 aromatic rings. The van der Waals surface area contributed by atoms with Gasteiger partial charge in [-0.15, -0.1) is 0 Å². The van der Waals surface area contributed by atoms with Gasteiger partial charge in [-0.1, -0.05) is 18.2 Å². The molecule has 1 aromatic heterocycles. The van der Waals surface area contributed by atoms with Crippen LogP contribution in [0.1, 0.15) is 35.7 Å². The third-order valence-electron chi connectivity index (χ3n) is 5.20. The number of anilines is 2. The molecule has 134 valence electrons. The number of hydrogen-bond acceptors (Lipinski definition) is 5. The van der Waals surface area contributed by atoms with Gasteiger partial charge in [-0.25, -0.2) is 9.78 Å². The van der Waals surface area contributed by atoms with Crippen molar-refractivity contribution in [3.05, 3.63) is 53.7 Å². The molecular formula is C20H21N3O3. The largest absolute Gasteiger partial charge is 0.462 e. The van der Waals surface area contributed by atoms with E-state index in [9.17, 15) is 9.59 Å². The second kappa shape index (κ2) is 6.44. The van der Waals surface area contributed by atoms with Crippen molar-refractivity contribution >= 4 is 23.4 Å². The molecule has 26 heavy (non-hydrogen) atoms. The zero-order valence-corrected chi connectivity index (χ0v) is 14.7. The van der Waals surface area contributed by atoms with Gasteiger partial charge < -0.3 is 15.0 Å². The molecule has 2 aliphatic heterocycles. The Kier molecular flexibility index (Phi) is 4.11. The molecule has 1 aromatic carbocycles. The second-order valence-electron chi connectivity index (χ2n) is 6.70. The molecule has 6 nitrogen and oxygen atoms in total. The number of amides is 1. The van der Waals surface area contributed by atoms with Crippen LogP contribution in [-0.2, 0) is 14.9 Å². The number of esters is 1. The lowest BCUT2D eigenvalue weighted by Gasteiger charge is -2.40. The zero-order chi connectivity index (χ0) is 18.1. The number of nitrogens with zero attached hydrogens (tertiary/aromatic N) is 2. The highest BCUT2D eigenvalue weighted by Crippen LogP contribution is 2.44. The van der Waals surface area contributed by atoms with Crippen molar-refractivity contribution in [2.75, 3.05) is 29.9 Å². The topological polar surface area (TPSA) is 71.5 Å². The summed E-state index contributed by atoms with van der Waals surface area (Å²) in [5.74, 6) is 0.228. The van der Waals surface area contributed by atoms with E-state index in [-0.39, 0.29) is 11.9 Å². The summed E-state index contributed by atoms with van der Waals surface area (Å²) in [6.45, 7) is 3.34. The summed E-state index contributed by atoms with van der Waals surface area (Å²) in [5.41, 5.74) is 1.76. The molecule has 1 fully saturated rings. The highest BCUT2D eigenvalue weighted by molar-refractivity contribution is 6.07. The minimum Gasteiger partial charge on any atom is -0.462 e. The van der Waals surface area contributed by atoms with Gasteiger partial charge in [0.2, 0.25) is 5.91 Å². The van der Waals surface area contributed by atoms with E-state index in [1.54, 1.807) is 25.3 Å². The first kappa shape index (κ1) is 16.6. The number of benzene rings is 1. The van der Waals surface area contributed by atoms with Gasteiger partial charge in [0.25, 0.3) is 0 Å². The molecule has 0 bridgehead atoms. The number of carbonyl (C=O) groups is 2. The number of pyridine rings is 1. The molecule has 1 spiro atoms. The number of para-hydroxylation sites is 1. The van der Waals surface area contributed by atoms with E-state index < -0.39 is 5.41 Å². The zero-order valence-electron chi connectivity index (χ0n) is 14.7. The van der Waals surface area contributed by atoms with Crippen LogP contribution in [0.2, 0.25) is 0 Å². The van der Waals surface area contributed by atoms with Crippen molar-refractivity contribution in [1.82, 2.24) is 4.98 Å². The van der Waals surface area contributed by atoms with Crippen LogP contribution in [0.15, 0.2) is 42.6 Å². The van der Waals surface area contributed by atoms with Gasteiger partial charge in [-0.2, -0.15) is 0 Å². The minimum absolute atomic E-state index is 0.0250. The molecule has 2 aliphatic rings. The Morgan fingerprint density at radius 2 is 2.15 bits per heavy atom. The van der Waals surface area contributed by atoms with Crippen molar-refractivity contribution in [3.63, 3.8) is 0 Å². The lowest BCUT2D eigenvalue weighted by atomic mass is 9.75. The van der Waals surface area contributed by atoms with Crippen LogP contribution < -0.4 is 10.2 Å². The van der Waals surface area contributed by atoms with Crippen molar-refractivity contribution in [2.24, 2.45) is 0 Å². The number of hydrogen-bond donors (Lipinski definition) is 1. The number of ether oxygens (including phenoxy) is 1. The summed E-state index contributed by atoms with van der Waals surface area (Å²) in [7, 11) is 0. The van der Waals surface area contributed by atoms with Gasteiger partial charge in [0, 0.05) is 25.0 Å². The Morgan fingerprint density at radius 3 is 3.00 bits per heavy atom. The van der Waals surface area contributed by atoms with Crippen LogP contribution in [0.4, 0.5) is 11.5 Å². The third kappa shape index (κ3) is 2.53. The fourth-order valence-electron chi connectivity index (χ4n) is 4.03. The number of fused-ring (bicyclic) bond motifs is 2. The van der Waals surface area contributed by atoms with Gasteiger partial charge in [-0.05, 0) is 43.5 Å². The SMILES string of the molecule is CCOC(=O)c1cccnc1N1CCC[C@]2(C1)C(=O)Nc1ccccc12. The standard InChI is InChI=1S/C20H21N3O3/c1-2-26-18(24)14-7-5-11-21-17(14)23-12-6-10-20(13-23)15-8-3-4-9-16(15)22-19(20)25/h3-5,7-9,11H,2,6,10,12-13H2,1H3,(H,22,25)/t20-/m1/s1. The predicted octanol–water partition coefficient (Wildman–Crippen LogP) is 2.75. The maximum atomic E-state index is 12.9. The first-order chi connectivity index (χ1) is 12.7. The maximum absolute atomic E-state index is 12.9. The smallest absolute Gasteiger partial charge is 0.341 e. The molecule has 1 saturated heterocycles. The summed E-state index contributed by atoms with van der Waals surface area (Å²) >= 11 is 0. The summed E-state index contributed by atoms with van der Waals surface area (Å²) in [6, 6.07) is 11.3. The number of aromatic nitrogens is 1. The number of carbonyl (C=O) groups excluding carboxylic acids is 2. The van der Waals surface area contributed by atoms with Gasteiger partial charge in [-0.3, -0.25) is 4.79 Å². The monoisotopic (exact) mass is 351 g/mol. The Bertz CT molecular complexity index is 867. The molecule has 1 amide bonds. The van der Waals surface area contributed by atoms with E-state index >= 15 is 0 Å². The Balaban J connectivity index is 1.71.